The molecule has 0 radical (unpaired) electrons. The number of nitrogens with zero attached hydrogens (tertiary/aromatic N) is 1. The Morgan fingerprint density at radius 3 is 2.40 bits per heavy atom. The lowest BCUT2D eigenvalue weighted by Gasteiger charge is -2.09. The standard InChI is InChI=1S/C24H25NO5/c1-17-14-22(18(2)25(17)12-13-28-3)23(26)16-29-24(27)19-8-7-11-21(15-19)30-20-9-5-4-6-10-20/h4-11,14-15H,12-13,16H2,1-3H3. The molecule has 0 spiro atoms. The molecule has 3 rings (SSSR count). The van der Waals surface area contributed by atoms with Crippen LogP contribution in [0.3, 0.4) is 0 Å². The van der Waals surface area contributed by atoms with Gasteiger partial charge < -0.3 is 18.8 Å². The van der Waals surface area contributed by atoms with Crippen LogP contribution in [0.4, 0.5) is 0 Å². The number of ketones is 1. The Balaban J connectivity index is 1.63. The van der Waals surface area contributed by atoms with Crippen LogP contribution in [0.2, 0.25) is 0 Å². The highest BCUT2D eigenvalue weighted by atomic mass is 16.5. The van der Waals surface area contributed by atoms with Crippen LogP contribution in [0.1, 0.15) is 32.1 Å². The number of rotatable bonds is 9. The minimum atomic E-state index is -0.574. The number of Topliss-reactive ketones (excluding diaryl/α,β-unsaturated/α-hetero) is 1. The van der Waals surface area contributed by atoms with Crippen molar-refractivity contribution < 1.29 is 23.8 Å². The van der Waals surface area contributed by atoms with Crippen LogP contribution < -0.4 is 4.74 Å². The maximum Gasteiger partial charge on any atom is 0.338 e. The SMILES string of the molecule is COCCn1c(C)cc(C(=O)COC(=O)c2cccc(Oc3ccccc3)c2)c1C. The van der Waals surface area contributed by atoms with Gasteiger partial charge in [-0.1, -0.05) is 24.3 Å². The lowest BCUT2D eigenvalue weighted by molar-refractivity contribution is 0.0474. The fraction of sp³-hybridized carbons (Fsp3) is 0.250. The Kier molecular flexibility index (Phi) is 7.03. The Labute approximate surface area is 176 Å². The zero-order valence-electron chi connectivity index (χ0n) is 17.4. The Morgan fingerprint density at radius 2 is 1.67 bits per heavy atom. The Hall–Kier alpha value is -3.38. The van der Waals surface area contributed by atoms with E-state index in [9.17, 15) is 9.59 Å². The van der Waals surface area contributed by atoms with Gasteiger partial charge in [0.2, 0.25) is 5.78 Å². The molecule has 0 aliphatic rings. The molecule has 6 nitrogen and oxygen atoms in total. The number of ether oxygens (including phenoxy) is 3. The molecule has 1 aromatic heterocycles. The van der Waals surface area contributed by atoms with Crippen molar-refractivity contribution in [2.75, 3.05) is 20.3 Å². The predicted molar refractivity (Wildman–Crippen MR) is 113 cm³/mol. The highest BCUT2D eigenvalue weighted by Gasteiger charge is 2.18. The summed E-state index contributed by atoms with van der Waals surface area (Å²) in [6, 6.07) is 17.8. The molecule has 0 aliphatic heterocycles. The highest BCUT2D eigenvalue weighted by Crippen LogP contribution is 2.22. The summed E-state index contributed by atoms with van der Waals surface area (Å²) in [6.07, 6.45) is 0. The zero-order valence-corrected chi connectivity index (χ0v) is 17.4. The van der Waals surface area contributed by atoms with E-state index >= 15 is 0 Å². The first-order valence-corrected chi connectivity index (χ1v) is 9.68. The number of aromatic nitrogens is 1. The van der Waals surface area contributed by atoms with Gasteiger partial charge >= 0.3 is 5.97 Å². The molecule has 0 saturated carbocycles. The number of methoxy groups -OCH3 is 1. The van der Waals surface area contributed by atoms with E-state index in [0.29, 0.717) is 35.8 Å². The molecule has 0 aliphatic carbocycles. The maximum absolute atomic E-state index is 12.6. The number of aryl methyl sites for hydroxylation is 1. The second kappa shape index (κ2) is 9.89. The molecule has 1 heterocycles. The number of hydrogen-bond donors (Lipinski definition) is 0. The van der Waals surface area contributed by atoms with Crippen molar-refractivity contribution in [2.45, 2.75) is 20.4 Å². The second-order valence-electron chi connectivity index (χ2n) is 6.87. The van der Waals surface area contributed by atoms with Gasteiger partial charge in [-0.15, -0.1) is 0 Å². The van der Waals surface area contributed by atoms with Gasteiger partial charge in [-0.3, -0.25) is 4.79 Å². The smallest absolute Gasteiger partial charge is 0.338 e. The zero-order chi connectivity index (χ0) is 21.5. The third-order valence-corrected chi connectivity index (χ3v) is 4.78. The molecule has 0 N–H and O–H groups in total. The van der Waals surface area contributed by atoms with Gasteiger partial charge in [0.1, 0.15) is 11.5 Å². The Morgan fingerprint density at radius 1 is 0.933 bits per heavy atom. The first-order chi connectivity index (χ1) is 14.5. The van der Waals surface area contributed by atoms with Crippen molar-refractivity contribution in [3.8, 4) is 11.5 Å². The van der Waals surface area contributed by atoms with Crippen molar-refractivity contribution in [2.24, 2.45) is 0 Å². The summed E-state index contributed by atoms with van der Waals surface area (Å²) >= 11 is 0. The first-order valence-electron chi connectivity index (χ1n) is 9.68. The molecular weight excluding hydrogens is 382 g/mol. The average Bonchev–Trinajstić information content (AvgIpc) is 3.04. The Bertz CT molecular complexity index is 1020. The fourth-order valence-electron chi connectivity index (χ4n) is 3.21. The van der Waals surface area contributed by atoms with Crippen LogP contribution in [0.15, 0.2) is 60.7 Å². The molecule has 30 heavy (non-hydrogen) atoms. The summed E-state index contributed by atoms with van der Waals surface area (Å²) in [4.78, 5) is 25.0. The molecule has 6 heteroatoms. The molecule has 0 bridgehead atoms. The van der Waals surface area contributed by atoms with Gasteiger partial charge in [-0.2, -0.15) is 0 Å². The second-order valence-corrected chi connectivity index (χ2v) is 6.87. The third-order valence-electron chi connectivity index (χ3n) is 4.78. The molecule has 0 saturated heterocycles. The number of para-hydroxylation sites is 1. The van der Waals surface area contributed by atoms with E-state index in [4.69, 9.17) is 14.2 Å². The highest BCUT2D eigenvalue weighted by molar-refractivity contribution is 6.00. The van der Waals surface area contributed by atoms with E-state index < -0.39 is 5.97 Å². The van der Waals surface area contributed by atoms with Crippen molar-refractivity contribution in [3.05, 3.63) is 83.2 Å². The average molecular weight is 407 g/mol. The fourth-order valence-corrected chi connectivity index (χ4v) is 3.21. The summed E-state index contributed by atoms with van der Waals surface area (Å²) in [5.74, 6) is 0.373. The minimum absolute atomic E-state index is 0.239. The molecule has 0 amide bonds. The summed E-state index contributed by atoms with van der Waals surface area (Å²) < 4.78 is 18.1. The summed E-state index contributed by atoms with van der Waals surface area (Å²) in [5, 5.41) is 0. The lowest BCUT2D eigenvalue weighted by atomic mass is 10.1. The van der Waals surface area contributed by atoms with Crippen molar-refractivity contribution in [1.82, 2.24) is 4.57 Å². The normalized spacial score (nSPS) is 10.6. The van der Waals surface area contributed by atoms with Crippen molar-refractivity contribution in [3.63, 3.8) is 0 Å². The number of carbonyl (C=O) groups is 2. The van der Waals surface area contributed by atoms with Crippen LogP contribution in [0.5, 0.6) is 11.5 Å². The van der Waals surface area contributed by atoms with Gasteiger partial charge in [-0.25, -0.2) is 4.79 Å². The number of esters is 1. The van der Waals surface area contributed by atoms with Crippen molar-refractivity contribution >= 4 is 11.8 Å². The van der Waals surface area contributed by atoms with E-state index in [0.717, 1.165) is 11.4 Å². The monoisotopic (exact) mass is 407 g/mol. The van der Waals surface area contributed by atoms with Gasteiger partial charge in [0, 0.05) is 30.6 Å². The topological polar surface area (TPSA) is 66.8 Å². The number of hydrogen-bond acceptors (Lipinski definition) is 5. The van der Waals surface area contributed by atoms with E-state index in [1.165, 1.54) is 0 Å². The van der Waals surface area contributed by atoms with Crippen LogP contribution in [0, 0.1) is 13.8 Å². The van der Waals surface area contributed by atoms with Crippen LogP contribution in [-0.2, 0) is 16.0 Å². The van der Waals surface area contributed by atoms with E-state index in [2.05, 4.69) is 0 Å². The molecule has 0 unspecified atom stereocenters. The van der Waals surface area contributed by atoms with Crippen molar-refractivity contribution in [1.29, 1.82) is 0 Å². The molecule has 0 fully saturated rings. The molecule has 156 valence electrons. The number of carbonyl (C=O) groups excluding carboxylic acids is 2. The molecule has 2 aromatic carbocycles. The van der Waals surface area contributed by atoms with E-state index in [1.54, 1.807) is 31.4 Å². The largest absolute Gasteiger partial charge is 0.457 e. The maximum atomic E-state index is 12.6. The van der Waals surface area contributed by atoms with Crippen LogP contribution in [-0.4, -0.2) is 36.6 Å². The molecule has 3 aromatic rings. The summed E-state index contributed by atoms with van der Waals surface area (Å²) in [6.45, 7) is 4.71. The van der Waals surface area contributed by atoms with Gasteiger partial charge in [0.15, 0.2) is 6.61 Å². The summed E-state index contributed by atoms with van der Waals surface area (Å²) in [7, 11) is 1.64. The van der Waals surface area contributed by atoms with Gasteiger partial charge in [-0.05, 0) is 50.2 Å². The van der Waals surface area contributed by atoms with E-state index in [1.807, 2.05) is 54.8 Å². The lowest BCUT2D eigenvalue weighted by Crippen LogP contribution is -2.15. The molecule has 0 atom stereocenters. The predicted octanol–water partition coefficient (Wildman–Crippen LogP) is 4.58. The summed E-state index contributed by atoms with van der Waals surface area (Å²) in [5.41, 5.74) is 2.67. The van der Waals surface area contributed by atoms with Gasteiger partial charge in [0.25, 0.3) is 0 Å². The minimum Gasteiger partial charge on any atom is -0.457 e. The first kappa shape index (κ1) is 21.3. The molecular formula is C24H25NO5. The quantitative estimate of drug-likeness (QED) is 0.384. The van der Waals surface area contributed by atoms with Crippen LogP contribution >= 0.6 is 0 Å². The van der Waals surface area contributed by atoms with Crippen LogP contribution in [0.25, 0.3) is 0 Å². The third kappa shape index (κ3) is 5.15. The van der Waals surface area contributed by atoms with Gasteiger partial charge in [0.05, 0.1) is 12.2 Å². The van der Waals surface area contributed by atoms with E-state index in [-0.39, 0.29) is 12.4 Å². The number of benzene rings is 2.